The summed E-state index contributed by atoms with van der Waals surface area (Å²) in [5.74, 6) is -1.82. The van der Waals surface area contributed by atoms with Crippen molar-refractivity contribution < 1.29 is 19.1 Å². The number of halogens is 1. The number of nitrogens with zero attached hydrogens (tertiary/aromatic N) is 1. The maximum absolute atomic E-state index is 12.3. The van der Waals surface area contributed by atoms with E-state index in [9.17, 15) is 14.4 Å². The van der Waals surface area contributed by atoms with Gasteiger partial charge in [0, 0.05) is 18.7 Å². The average Bonchev–Trinajstić information content (AvgIpc) is 3.05. The monoisotopic (exact) mass is 400 g/mol. The largest absolute Gasteiger partial charge is 0.455 e. The minimum absolute atomic E-state index is 0.0304. The lowest BCUT2D eigenvalue weighted by atomic mass is 10.1. The van der Waals surface area contributed by atoms with Gasteiger partial charge in [0.1, 0.15) is 0 Å². The molecule has 6 nitrogen and oxygen atoms in total. The van der Waals surface area contributed by atoms with Crippen LogP contribution in [0.4, 0.5) is 11.4 Å². The van der Waals surface area contributed by atoms with Crippen molar-refractivity contribution in [3.63, 3.8) is 0 Å². The van der Waals surface area contributed by atoms with Crippen molar-refractivity contribution in [3.05, 3.63) is 58.6 Å². The van der Waals surface area contributed by atoms with Crippen LogP contribution in [-0.2, 0) is 19.1 Å². The smallest absolute Gasteiger partial charge is 0.311 e. The lowest BCUT2D eigenvalue weighted by Crippen LogP contribution is -2.28. The highest BCUT2D eigenvalue weighted by Gasteiger charge is 2.37. The first-order valence-electron chi connectivity index (χ1n) is 8.94. The van der Waals surface area contributed by atoms with Gasteiger partial charge in [-0.2, -0.15) is 0 Å². The van der Waals surface area contributed by atoms with Gasteiger partial charge in [-0.05, 0) is 43.2 Å². The number of carbonyl (C=O) groups excluding carboxylic acids is 3. The van der Waals surface area contributed by atoms with Crippen LogP contribution in [-0.4, -0.2) is 30.9 Å². The molecule has 1 N–H and O–H groups in total. The lowest BCUT2D eigenvalue weighted by molar-refractivity contribution is -0.151. The number of ether oxygens (including phenoxy) is 1. The third-order valence-corrected chi connectivity index (χ3v) is 4.93. The normalized spacial score (nSPS) is 16.2. The first-order chi connectivity index (χ1) is 13.3. The van der Waals surface area contributed by atoms with E-state index in [1.807, 2.05) is 32.0 Å². The van der Waals surface area contributed by atoms with Crippen LogP contribution in [0, 0.1) is 19.8 Å². The molecule has 7 heteroatoms. The third kappa shape index (κ3) is 4.51. The summed E-state index contributed by atoms with van der Waals surface area (Å²) >= 11 is 6.14. The fourth-order valence-electron chi connectivity index (χ4n) is 3.08. The van der Waals surface area contributed by atoms with Crippen molar-refractivity contribution in [1.82, 2.24) is 0 Å². The average molecular weight is 401 g/mol. The Morgan fingerprint density at radius 3 is 2.71 bits per heavy atom. The summed E-state index contributed by atoms with van der Waals surface area (Å²) in [7, 11) is 0. The van der Waals surface area contributed by atoms with Crippen molar-refractivity contribution in [3.8, 4) is 0 Å². The molecule has 146 valence electrons. The Kier molecular flexibility index (Phi) is 5.99. The number of hydrogen-bond donors (Lipinski definition) is 1. The van der Waals surface area contributed by atoms with Gasteiger partial charge in [-0.1, -0.05) is 35.9 Å². The van der Waals surface area contributed by atoms with Gasteiger partial charge < -0.3 is 15.0 Å². The molecule has 1 aliphatic rings. The van der Waals surface area contributed by atoms with Crippen LogP contribution in [0.15, 0.2) is 42.5 Å². The summed E-state index contributed by atoms with van der Waals surface area (Å²) in [6.45, 7) is 3.59. The Labute approximate surface area is 168 Å². The van der Waals surface area contributed by atoms with Crippen LogP contribution in [0.5, 0.6) is 0 Å². The van der Waals surface area contributed by atoms with Crippen LogP contribution in [0.1, 0.15) is 17.5 Å². The molecular formula is C21H21ClN2O4. The minimum Gasteiger partial charge on any atom is -0.455 e. The topological polar surface area (TPSA) is 75.7 Å². The number of para-hydroxylation sites is 1. The van der Waals surface area contributed by atoms with Crippen molar-refractivity contribution in [2.45, 2.75) is 20.3 Å². The molecule has 1 aliphatic heterocycles. The molecule has 2 amide bonds. The number of hydrogen-bond acceptors (Lipinski definition) is 4. The van der Waals surface area contributed by atoms with Crippen molar-refractivity contribution in [2.75, 3.05) is 23.4 Å². The summed E-state index contributed by atoms with van der Waals surface area (Å²) in [5.41, 5.74) is 3.18. The predicted octanol–water partition coefficient (Wildman–Crippen LogP) is 3.49. The SMILES string of the molecule is Cc1ccc(C)c(NC(=O)COC(=O)[C@H]2CC(=O)N(c3ccccc3Cl)C2)c1. The van der Waals surface area contributed by atoms with Crippen LogP contribution < -0.4 is 10.2 Å². The molecule has 0 spiro atoms. The van der Waals surface area contributed by atoms with Gasteiger partial charge in [-0.25, -0.2) is 0 Å². The summed E-state index contributed by atoms with van der Waals surface area (Å²) in [6.07, 6.45) is 0.0304. The standard InChI is InChI=1S/C21H21ClN2O4/c1-13-7-8-14(2)17(9-13)23-19(25)12-28-21(27)15-10-20(26)24(11-15)18-6-4-3-5-16(18)22/h3-9,15H,10-12H2,1-2H3,(H,23,25)/t15-/m0/s1. The molecule has 2 aromatic rings. The molecule has 0 saturated carbocycles. The van der Waals surface area contributed by atoms with Gasteiger partial charge >= 0.3 is 5.97 Å². The van der Waals surface area contributed by atoms with E-state index in [2.05, 4.69) is 5.32 Å². The maximum atomic E-state index is 12.3. The fraction of sp³-hybridized carbons (Fsp3) is 0.286. The molecule has 1 fully saturated rings. The Morgan fingerprint density at radius 1 is 1.21 bits per heavy atom. The highest BCUT2D eigenvalue weighted by Crippen LogP contribution is 2.31. The fourth-order valence-corrected chi connectivity index (χ4v) is 3.32. The molecule has 0 aromatic heterocycles. The third-order valence-electron chi connectivity index (χ3n) is 4.61. The Balaban J connectivity index is 1.55. The molecule has 1 heterocycles. The first kappa shape index (κ1) is 19.9. The molecular weight excluding hydrogens is 380 g/mol. The van der Waals surface area contributed by atoms with E-state index in [0.29, 0.717) is 16.4 Å². The van der Waals surface area contributed by atoms with Gasteiger partial charge in [0.15, 0.2) is 6.61 Å². The molecule has 28 heavy (non-hydrogen) atoms. The zero-order valence-corrected chi connectivity index (χ0v) is 16.5. The van der Waals surface area contributed by atoms with Crippen molar-refractivity contribution >= 4 is 40.8 Å². The minimum atomic E-state index is -0.628. The Hall–Kier alpha value is -2.86. The molecule has 0 bridgehead atoms. The molecule has 2 aromatic carbocycles. The summed E-state index contributed by atoms with van der Waals surface area (Å²) in [4.78, 5) is 38.2. The molecule has 0 radical (unpaired) electrons. The van der Waals surface area contributed by atoms with Crippen LogP contribution in [0.3, 0.4) is 0 Å². The van der Waals surface area contributed by atoms with Crippen LogP contribution in [0.2, 0.25) is 5.02 Å². The molecule has 1 saturated heterocycles. The Bertz CT molecular complexity index is 928. The van der Waals surface area contributed by atoms with E-state index in [1.54, 1.807) is 24.3 Å². The maximum Gasteiger partial charge on any atom is 0.311 e. The van der Waals surface area contributed by atoms with E-state index in [-0.39, 0.29) is 18.9 Å². The zero-order valence-electron chi connectivity index (χ0n) is 15.7. The number of anilines is 2. The van der Waals surface area contributed by atoms with E-state index in [4.69, 9.17) is 16.3 Å². The second kappa shape index (κ2) is 8.44. The van der Waals surface area contributed by atoms with E-state index in [1.165, 1.54) is 4.90 Å². The predicted molar refractivity (Wildman–Crippen MR) is 107 cm³/mol. The van der Waals surface area contributed by atoms with Gasteiger partial charge in [0.05, 0.1) is 16.6 Å². The van der Waals surface area contributed by atoms with Gasteiger partial charge in [0.25, 0.3) is 5.91 Å². The highest BCUT2D eigenvalue weighted by atomic mass is 35.5. The number of nitrogens with one attached hydrogen (secondary N) is 1. The van der Waals surface area contributed by atoms with Gasteiger partial charge in [-0.3, -0.25) is 14.4 Å². The van der Waals surface area contributed by atoms with Gasteiger partial charge in [-0.15, -0.1) is 0 Å². The van der Waals surface area contributed by atoms with Gasteiger partial charge in [0.2, 0.25) is 5.91 Å². The number of amides is 2. The quantitative estimate of drug-likeness (QED) is 0.779. The Morgan fingerprint density at radius 2 is 1.96 bits per heavy atom. The number of benzene rings is 2. The van der Waals surface area contributed by atoms with E-state index in [0.717, 1.165) is 11.1 Å². The lowest BCUT2D eigenvalue weighted by Gasteiger charge is -2.17. The summed E-state index contributed by atoms with van der Waals surface area (Å²) < 4.78 is 5.13. The molecule has 0 unspecified atom stereocenters. The zero-order chi connectivity index (χ0) is 20.3. The van der Waals surface area contributed by atoms with Crippen LogP contribution >= 0.6 is 11.6 Å². The second-order valence-electron chi connectivity index (χ2n) is 6.83. The van der Waals surface area contributed by atoms with E-state index < -0.39 is 24.4 Å². The van der Waals surface area contributed by atoms with Crippen molar-refractivity contribution in [1.29, 1.82) is 0 Å². The summed E-state index contributed by atoms with van der Waals surface area (Å²) in [5, 5.41) is 3.18. The molecule has 0 aliphatic carbocycles. The van der Waals surface area contributed by atoms with Crippen LogP contribution in [0.25, 0.3) is 0 Å². The number of aryl methyl sites for hydroxylation is 2. The number of rotatable bonds is 5. The number of carbonyl (C=O) groups is 3. The number of esters is 1. The van der Waals surface area contributed by atoms with E-state index >= 15 is 0 Å². The highest BCUT2D eigenvalue weighted by molar-refractivity contribution is 6.33. The molecule has 3 rings (SSSR count). The van der Waals surface area contributed by atoms with Crippen molar-refractivity contribution in [2.24, 2.45) is 5.92 Å². The summed E-state index contributed by atoms with van der Waals surface area (Å²) in [6, 6.07) is 12.7. The molecule has 1 atom stereocenters. The first-order valence-corrected chi connectivity index (χ1v) is 9.31. The second-order valence-corrected chi connectivity index (χ2v) is 7.24.